The molecule has 0 radical (unpaired) electrons. The first kappa shape index (κ1) is 17.6. The Labute approximate surface area is 158 Å². The van der Waals surface area contributed by atoms with Crippen molar-refractivity contribution in [2.45, 2.75) is 37.8 Å². The number of nitriles is 1. The molecule has 1 saturated carbocycles. The molecular formula is C20H24N6O. The maximum Gasteiger partial charge on any atom is 0.254 e. The van der Waals surface area contributed by atoms with Crippen LogP contribution in [0.3, 0.4) is 0 Å². The van der Waals surface area contributed by atoms with E-state index >= 15 is 0 Å². The second-order valence-corrected chi connectivity index (χ2v) is 7.39. The molecule has 3 N–H and O–H groups in total. The molecule has 0 spiro atoms. The minimum absolute atomic E-state index is 0.0306. The average molecular weight is 364 g/mol. The van der Waals surface area contributed by atoms with E-state index in [4.69, 9.17) is 5.73 Å². The van der Waals surface area contributed by atoms with Crippen molar-refractivity contribution in [3.05, 3.63) is 42.1 Å². The summed E-state index contributed by atoms with van der Waals surface area (Å²) in [5.41, 5.74) is 6.75. The van der Waals surface area contributed by atoms with Crippen molar-refractivity contribution >= 4 is 17.4 Å². The first-order chi connectivity index (χ1) is 13.2. The van der Waals surface area contributed by atoms with Gasteiger partial charge in [-0.2, -0.15) is 10.4 Å². The van der Waals surface area contributed by atoms with Crippen LogP contribution in [-0.4, -0.2) is 39.7 Å². The number of hydrogen-bond donors (Lipinski definition) is 2. The molecule has 27 heavy (non-hydrogen) atoms. The van der Waals surface area contributed by atoms with Crippen LogP contribution in [0.1, 0.15) is 42.1 Å². The summed E-state index contributed by atoms with van der Waals surface area (Å²) in [6, 6.07) is 12.5. The van der Waals surface area contributed by atoms with Gasteiger partial charge in [0.25, 0.3) is 5.91 Å². The molecule has 1 unspecified atom stereocenters. The zero-order valence-corrected chi connectivity index (χ0v) is 15.2. The topological polar surface area (TPSA) is 100.0 Å². The fraction of sp³-hybridized carbons (Fsp3) is 0.450. The van der Waals surface area contributed by atoms with Gasteiger partial charge in [0.2, 0.25) is 0 Å². The molecule has 1 aromatic carbocycles. The third-order valence-corrected chi connectivity index (χ3v) is 5.73. The Kier molecular flexibility index (Phi) is 4.82. The number of nitrogens with zero attached hydrogens (tertiary/aromatic N) is 4. The normalized spacial score (nSPS) is 25.4. The van der Waals surface area contributed by atoms with E-state index in [1.54, 1.807) is 10.9 Å². The molecule has 1 aliphatic carbocycles. The fourth-order valence-corrected chi connectivity index (χ4v) is 4.12. The van der Waals surface area contributed by atoms with Crippen LogP contribution in [0.5, 0.6) is 0 Å². The Morgan fingerprint density at radius 2 is 2.04 bits per heavy atom. The van der Waals surface area contributed by atoms with Crippen LogP contribution < -0.4 is 11.1 Å². The molecular weight excluding hydrogens is 340 g/mol. The lowest BCUT2D eigenvalue weighted by molar-refractivity contribution is 0.0649. The van der Waals surface area contributed by atoms with Crippen LogP contribution in [0.15, 0.2) is 36.5 Å². The van der Waals surface area contributed by atoms with E-state index in [2.05, 4.69) is 21.4 Å². The van der Waals surface area contributed by atoms with Crippen molar-refractivity contribution in [2.75, 3.05) is 18.4 Å². The molecule has 4 rings (SSSR count). The van der Waals surface area contributed by atoms with E-state index in [0.29, 0.717) is 17.4 Å². The fourth-order valence-electron chi connectivity index (χ4n) is 4.12. The van der Waals surface area contributed by atoms with E-state index in [0.717, 1.165) is 38.0 Å². The number of amides is 1. The van der Waals surface area contributed by atoms with Gasteiger partial charge in [0.15, 0.2) is 5.82 Å². The lowest BCUT2D eigenvalue weighted by Crippen LogP contribution is -2.48. The molecule has 2 fully saturated rings. The molecule has 0 bridgehead atoms. The van der Waals surface area contributed by atoms with Gasteiger partial charge in [-0.1, -0.05) is 18.2 Å². The van der Waals surface area contributed by atoms with Crippen molar-refractivity contribution in [1.29, 1.82) is 5.26 Å². The van der Waals surface area contributed by atoms with Crippen LogP contribution in [0.4, 0.5) is 11.5 Å². The Bertz CT molecular complexity index is 851. The number of likely N-dealkylation sites (tertiary alicyclic amines) is 1. The second kappa shape index (κ2) is 7.41. The summed E-state index contributed by atoms with van der Waals surface area (Å²) in [5, 5.41) is 17.5. The van der Waals surface area contributed by atoms with Crippen LogP contribution in [0.25, 0.3) is 0 Å². The van der Waals surface area contributed by atoms with Gasteiger partial charge in [-0.25, -0.2) is 0 Å². The number of anilines is 2. The number of carbonyl (C=O) groups excluding carboxylic acids is 1. The highest BCUT2D eigenvalue weighted by atomic mass is 16.1. The molecule has 7 nitrogen and oxygen atoms in total. The lowest BCUT2D eigenvalue weighted by atomic mass is 9.81. The molecule has 1 aromatic heterocycles. The summed E-state index contributed by atoms with van der Waals surface area (Å²) in [7, 11) is 0. The first-order valence-electron chi connectivity index (χ1n) is 9.50. The largest absolute Gasteiger partial charge is 0.365 e. The van der Waals surface area contributed by atoms with Gasteiger partial charge in [0.1, 0.15) is 5.56 Å². The number of benzene rings is 1. The Morgan fingerprint density at radius 1 is 1.26 bits per heavy atom. The molecule has 1 saturated heterocycles. The van der Waals surface area contributed by atoms with Crippen molar-refractivity contribution < 1.29 is 4.79 Å². The van der Waals surface area contributed by atoms with Crippen LogP contribution in [0, 0.1) is 17.2 Å². The van der Waals surface area contributed by atoms with E-state index in [-0.39, 0.29) is 12.0 Å². The number of primary amides is 1. The Hall–Kier alpha value is -2.85. The number of para-hydroxylation sites is 1. The quantitative estimate of drug-likeness (QED) is 0.849. The highest BCUT2D eigenvalue weighted by Gasteiger charge is 2.36. The van der Waals surface area contributed by atoms with E-state index < -0.39 is 5.91 Å². The summed E-state index contributed by atoms with van der Waals surface area (Å²) in [6.07, 6.45) is 5.73. The smallest absolute Gasteiger partial charge is 0.254 e. The van der Waals surface area contributed by atoms with Gasteiger partial charge in [-0.15, -0.1) is 0 Å². The van der Waals surface area contributed by atoms with Crippen molar-refractivity contribution in [3.8, 4) is 6.07 Å². The van der Waals surface area contributed by atoms with Gasteiger partial charge in [0.05, 0.1) is 18.0 Å². The molecule has 2 aliphatic rings. The van der Waals surface area contributed by atoms with E-state index in [1.165, 1.54) is 6.42 Å². The van der Waals surface area contributed by atoms with Crippen LogP contribution in [-0.2, 0) is 0 Å². The molecule has 2 heterocycles. The number of aromatic nitrogens is 2. The van der Waals surface area contributed by atoms with Gasteiger partial charge in [-0.05, 0) is 50.9 Å². The highest BCUT2D eigenvalue weighted by molar-refractivity contribution is 5.98. The maximum atomic E-state index is 11.9. The average Bonchev–Trinajstić information content (AvgIpc) is 3.05. The van der Waals surface area contributed by atoms with Gasteiger partial charge in [-0.3, -0.25) is 9.48 Å². The molecule has 2 aromatic rings. The highest BCUT2D eigenvalue weighted by Crippen LogP contribution is 2.37. The minimum Gasteiger partial charge on any atom is -0.365 e. The Morgan fingerprint density at radius 3 is 2.67 bits per heavy atom. The molecule has 7 heteroatoms. The summed E-state index contributed by atoms with van der Waals surface area (Å²) in [5.74, 6) is -0.202. The summed E-state index contributed by atoms with van der Waals surface area (Å²) >= 11 is 0. The molecule has 1 amide bonds. The van der Waals surface area contributed by atoms with Crippen LogP contribution >= 0.6 is 0 Å². The van der Waals surface area contributed by atoms with Crippen molar-refractivity contribution in [2.24, 2.45) is 11.7 Å². The number of hydrogen-bond acceptors (Lipinski definition) is 5. The predicted octanol–water partition coefficient (Wildman–Crippen LogP) is 2.66. The zero-order chi connectivity index (χ0) is 18.8. The summed E-state index contributed by atoms with van der Waals surface area (Å²) < 4.78 is 1.77. The Balaban J connectivity index is 1.57. The summed E-state index contributed by atoms with van der Waals surface area (Å²) in [4.78, 5) is 14.4. The first-order valence-corrected chi connectivity index (χ1v) is 9.50. The second-order valence-electron chi connectivity index (χ2n) is 7.39. The monoisotopic (exact) mass is 364 g/mol. The number of carbonyl (C=O) groups is 1. The maximum absolute atomic E-state index is 11.9. The number of nitrogens with two attached hydrogens (primary N) is 1. The third kappa shape index (κ3) is 3.53. The number of nitrogens with one attached hydrogen (secondary N) is 1. The molecule has 1 aliphatic heterocycles. The van der Waals surface area contributed by atoms with Gasteiger partial charge < -0.3 is 16.0 Å². The third-order valence-electron chi connectivity index (χ3n) is 5.73. The standard InChI is InChI=1S/C20H24N6O/c21-12-14-11-16(25-9-4-10-25)7-8-18(14)26-13-17(19(22)27)20(24-26)23-15-5-2-1-3-6-15/h1-3,5-6,13-14,16,18H,4,7-11H2,(H2,22,27)(H,23,24)/t14?,16-,18-/m0/s1. The van der Waals surface area contributed by atoms with Crippen molar-refractivity contribution in [1.82, 2.24) is 14.7 Å². The van der Waals surface area contributed by atoms with Gasteiger partial charge in [0, 0.05) is 17.9 Å². The molecule has 140 valence electrons. The van der Waals surface area contributed by atoms with E-state index in [1.807, 2.05) is 30.3 Å². The minimum atomic E-state index is -0.526. The van der Waals surface area contributed by atoms with Crippen molar-refractivity contribution in [3.63, 3.8) is 0 Å². The van der Waals surface area contributed by atoms with E-state index in [9.17, 15) is 10.1 Å². The lowest BCUT2D eigenvalue weighted by Gasteiger charge is -2.43. The van der Waals surface area contributed by atoms with Crippen LogP contribution in [0.2, 0.25) is 0 Å². The molecule has 3 atom stereocenters. The number of rotatable bonds is 5. The predicted molar refractivity (Wildman–Crippen MR) is 102 cm³/mol. The van der Waals surface area contributed by atoms with Gasteiger partial charge >= 0.3 is 0 Å². The SMILES string of the molecule is N#CC1C[C@@H](N2CCC2)CC[C@@H]1n1cc(C(N)=O)c(Nc2ccccc2)n1. The zero-order valence-electron chi connectivity index (χ0n) is 15.2. The summed E-state index contributed by atoms with van der Waals surface area (Å²) in [6.45, 7) is 2.29.